The molecule has 1 saturated carbocycles. The number of pyridine rings is 1. The number of alkyl halides is 3. The molecule has 2 fully saturated rings. The molecule has 39 heavy (non-hydrogen) atoms. The van der Waals surface area contributed by atoms with E-state index in [-0.39, 0.29) is 18.2 Å². The van der Waals surface area contributed by atoms with E-state index in [4.69, 9.17) is 9.47 Å². The Labute approximate surface area is 224 Å². The van der Waals surface area contributed by atoms with E-state index in [2.05, 4.69) is 25.1 Å². The van der Waals surface area contributed by atoms with E-state index in [0.717, 1.165) is 69.6 Å². The fraction of sp³-hybridized carbons (Fsp3) is 0.500. The van der Waals surface area contributed by atoms with Crippen LogP contribution in [0.5, 0.6) is 0 Å². The van der Waals surface area contributed by atoms with Crippen LogP contribution < -0.4 is 4.90 Å². The van der Waals surface area contributed by atoms with E-state index < -0.39 is 11.7 Å². The lowest BCUT2D eigenvalue weighted by Gasteiger charge is -2.36. The number of benzene rings is 1. The molecular formula is C28H32F3N5O3. The highest BCUT2D eigenvalue weighted by molar-refractivity contribution is 5.69. The van der Waals surface area contributed by atoms with Crippen molar-refractivity contribution >= 4 is 11.8 Å². The molecule has 1 aromatic carbocycles. The highest BCUT2D eigenvalue weighted by Crippen LogP contribution is 2.32. The topological polar surface area (TPSA) is 93.2 Å². The number of ether oxygens (including phenoxy) is 2. The predicted molar refractivity (Wildman–Crippen MR) is 139 cm³/mol. The highest BCUT2D eigenvalue weighted by atomic mass is 19.4. The largest absolute Gasteiger partial charge is 0.469 e. The molecule has 1 aliphatic carbocycles. The summed E-state index contributed by atoms with van der Waals surface area (Å²) < 4.78 is 49.6. The third-order valence-corrected chi connectivity index (χ3v) is 7.60. The maximum atomic E-state index is 12.8. The molecule has 1 aliphatic heterocycles. The molecule has 0 unspecified atom stereocenters. The van der Waals surface area contributed by atoms with Gasteiger partial charge in [0, 0.05) is 36.8 Å². The van der Waals surface area contributed by atoms with Crippen LogP contribution in [0.25, 0.3) is 22.8 Å². The highest BCUT2D eigenvalue weighted by Gasteiger charge is 2.30. The second-order valence-electron chi connectivity index (χ2n) is 10.2. The lowest BCUT2D eigenvalue weighted by molar-refractivity contribution is -0.142. The van der Waals surface area contributed by atoms with Crippen molar-refractivity contribution in [3.8, 4) is 22.8 Å². The number of H-pyrrole nitrogens is 1. The zero-order valence-corrected chi connectivity index (χ0v) is 21.8. The second-order valence-corrected chi connectivity index (χ2v) is 10.2. The number of hydrogen-bond acceptors (Lipinski definition) is 7. The number of rotatable bonds is 7. The van der Waals surface area contributed by atoms with E-state index >= 15 is 0 Å². The van der Waals surface area contributed by atoms with E-state index in [1.54, 1.807) is 6.20 Å². The summed E-state index contributed by atoms with van der Waals surface area (Å²) in [6, 6.07) is 8.64. The molecule has 2 aromatic heterocycles. The number of halogens is 3. The van der Waals surface area contributed by atoms with E-state index in [9.17, 15) is 18.0 Å². The van der Waals surface area contributed by atoms with Crippen molar-refractivity contribution in [1.29, 1.82) is 0 Å². The molecule has 0 bridgehead atoms. The van der Waals surface area contributed by atoms with Crippen LogP contribution in [0.2, 0.25) is 0 Å². The van der Waals surface area contributed by atoms with E-state index in [0.29, 0.717) is 35.1 Å². The van der Waals surface area contributed by atoms with Crippen LogP contribution in [0.15, 0.2) is 42.6 Å². The van der Waals surface area contributed by atoms with Crippen LogP contribution in [0.1, 0.15) is 50.5 Å². The van der Waals surface area contributed by atoms with Gasteiger partial charge < -0.3 is 14.4 Å². The quantitative estimate of drug-likeness (QED) is 0.385. The molecule has 2 aliphatic rings. The minimum atomic E-state index is -4.38. The fourth-order valence-electron chi connectivity index (χ4n) is 5.33. The van der Waals surface area contributed by atoms with Crippen LogP contribution >= 0.6 is 0 Å². The number of nitrogens with one attached hydrogen (secondary N) is 1. The SMILES string of the molecule is COC(=O)CC1CCC(OC2CCN(c3ccc(-c4n[nH]c(-c5ccc(C(F)(F)F)cc5)n4)cn3)CC2)CC1. The first-order valence-electron chi connectivity index (χ1n) is 13.3. The molecular weight excluding hydrogens is 511 g/mol. The molecule has 8 nitrogen and oxygen atoms in total. The van der Waals surface area contributed by atoms with E-state index in [1.165, 1.54) is 19.2 Å². The fourth-order valence-corrected chi connectivity index (χ4v) is 5.33. The Hall–Kier alpha value is -3.47. The minimum absolute atomic E-state index is 0.128. The first-order chi connectivity index (χ1) is 18.8. The molecule has 11 heteroatoms. The monoisotopic (exact) mass is 543 g/mol. The zero-order valence-electron chi connectivity index (χ0n) is 21.8. The van der Waals surface area contributed by atoms with Crippen LogP contribution in [-0.2, 0) is 20.4 Å². The molecule has 0 amide bonds. The summed E-state index contributed by atoms with van der Waals surface area (Å²) in [6.07, 6.45) is 4.20. The third kappa shape index (κ3) is 6.76. The number of methoxy groups -OCH3 is 1. The van der Waals surface area contributed by atoms with Gasteiger partial charge in [-0.05, 0) is 68.7 Å². The number of esters is 1. The number of anilines is 1. The van der Waals surface area contributed by atoms with Crippen molar-refractivity contribution in [2.45, 2.75) is 63.3 Å². The Kier molecular flexibility index (Phi) is 8.15. The summed E-state index contributed by atoms with van der Waals surface area (Å²) in [6.45, 7) is 1.71. The summed E-state index contributed by atoms with van der Waals surface area (Å²) >= 11 is 0. The maximum Gasteiger partial charge on any atom is 0.416 e. The van der Waals surface area contributed by atoms with Gasteiger partial charge in [0.2, 0.25) is 0 Å². The molecule has 1 N–H and O–H groups in total. The van der Waals surface area contributed by atoms with Crippen molar-refractivity contribution in [1.82, 2.24) is 20.2 Å². The molecule has 3 heterocycles. The number of carbonyl (C=O) groups is 1. The Morgan fingerprint density at radius 2 is 1.64 bits per heavy atom. The number of nitrogens with zero attached hydrogens (tertiary/aromatic N) is 4. The van der Waals surface area contributed by atoms with Gasteiger partial charge in [-0.15, -0.1) is 0 Å². The summed E-state index contributed by atoms with van der Waals surface area (Å²) in [4.78, 5) is 22.8. The molecule has 3 aromatic rings. The summed E-state index contributed by atoms with van der Waals surface area (Å²) in [5.41, 5.74) is 0.529. The average Bonchev–Trinajstić information content (AvgIpc) is 3.45. The van der Waals surface area contributed by atoms with Gasteiger partial charge in [0.1, 0.15) is 5.82 Å². The van der Waals surface area contributed by atoms with Crippen LogP contribution in [0.3, 0.4) is 0 Å². The summed E-state index contributed by atoms with van der Waals surface area (Å²) in [7, 11) is 1.44. The van der Waals surface area contributed by atoms with Crippen molar-refractivity contribution in [2.75, 3.05) is 25.1 Å². The van der Waals surface area contributed by atoms with Crippen LogP contribution in [-0.4, -0.2) is 58.5 Å². The lowest BCUT2D eigenvalue weighted by atomic mass is 9.85. The van der Waals surface area contributed by atoms with Gasteiger partial charge >= 0.3 is 12.1 Å². The van der Waals surface area contributed by atoms with Crippen molar-refractivity contribution in [2.24, 2.45) is 5.92 Å². The van der Waals surface area contributed by atoms with Gasteiger partial charge in [-0.2, -0.15) is 18.3 Å². The number of aromatic nitrogens is 4. The molecule has 0 radical (unpaired) electrons. The third-order valence-electron chi connectivity index (χ3n) is 7.60. The van der Waals surface area contributed by atoms with Crippen LogP contribution in [0, 0.1) is 5.92 Å². The first kappa shape index (κ1) is 27.1. The zero-order chi connectivity index (χ0) is 27.4. The smallest absolute Gasteiger partial charge is 0.416 e. The predicted octanol–water partition coefficient (Wildman–Crippen LogP) is 5.66. The first-order valence-corrected chi connectivity index (χ1v) is 13.3. The lowest BCUT2D eigenvalue weighted by Crippen LogP contribution is -2.39. The minimum Gasteiger partial charge on any atom is -0.469 e. The Balaban J connectivity index is 1.10. The summed E-state index contributed by atoms with van der Waals surface area (Å²) in [5.74, 6) is 1.97. The second kappa shape index (κ2) is 11.7. The Morgan fingerprint density at radius 1 is 0.974 bits per heavy atom. The molecule has 208 valence electrons. The molecule has 5 rings (SSSR count). The number of carbonyl (C=O) groups excluding carboxylic acids is 1. The molecule has 0 spiro atoms. The average molecular weight is 544 g/mol. The molecule has 1 saturated heterocycles. The van der Waals surface area contributed by atoms with Gasteiger partial charge in [0.05, 0.1) is 24.9 Å². The van der Waals surface area contributed by atoms with Crippen LogP contribution in [0.4, 0.5) is 19.0 Å². The van der Waals surface area contributed by atoms with Gasteiger partial charge in [-0.3, -0.25) is 9.89 Å². The Morgan fingerprint density at radius 3 is 2.26 bits per heavy atom. The van der Waals surface area contributed by atoms with Gasteiger partial charge in [-0.25, -0.2) is 9.97 Å². The van der Waals surface area contributed by atoms with Crippen molar-refractivity contribution in [3.63, 3.8) is 0 Å². The van der Waals surface area contributed by atoms with Gasteiger partial charge in [0.15, 0.2) is 11.6 Å². The Bertz CT molecular complexity index is 1230. The molecule has 0 atom stereocenters. The number of aromatic amines is 1. The normalized spacial score (nSPS) is 20.7. The van der Waals surface area contributed by atoms with E-state index in [1.807, 2.05) is 12.1 Å². The summed E-state index contributed by atoms with van der Waals surface area (Å²) in [5, 5.41) is 7.01. The van der Waals surface area contributed by atoms with Gasteiger partial charge in [0.25, 0.3) is 0 Å². The van der Waals surface area contributed by atoms with Crippen molar-refractivity contribution < 1.29 is 27.4 Å². The number of piperidine rings is 1. The standard InChI is InChI=1S/C28H32F3N5O3/c1-38-25(37)16-18-2-9-22(10-3-18)39-23-12-14-36(15-13-23)24-11-6-20(17-32-24)27-33-26(34-35-27)19-4-7-21(8-5-19)28(29,30)31/h4-8,11,17-18,22-23H,2-3,9-10,12-16H2,1H3,(H,33,34,35). The van der Waals surface area contributed by atoms with Gasteiger partial charge in [-0.1, -0.05) is 12.1 Å². The number of hydrogen-bond donors (Lipinski definition) is 1. The van der Waals surface area contributed by atoms with Crippen molar-refractivity contribution in [3.05, 3.63) is 48.2 Å². The maximum absolute atomic E-state index is 12.8.